The number of aryl methyl sites for hydroxylation is 2. The van der Waals surface area contributed by atoms with Crippen molar-refractivity contribution in [1.82, 2.24) is 20.3 Å². The lowest BCUT2D eigenvalue weighted by Gasteiger charge is -2.54. The van der Waals surface area contributed by atoms with Crippen LogP contribution in [0.4, 0.5) is 10.2 Å². The van der Waals surface area contributed by atoms with E-state index < -0.39 is 0 Å². The van der Waals surface area contributed by atoms with Crippen LogP contribution in [-0.2, 0) is 17.8 Å². The second kappa shape index (κ2) is 8.52. The van der Waals surface area contributed by atoms with Crippen molar-refractivity contribution in [2.75, 3.05) is 11.9 Å². The number of pyridine rings is 3. The molecule has 1 amide bonds. The van der Waals surface area contributed by atoms with Gasteiger partial charge in [0.2, 0.25) is 0 Å². The van der Waals surface area contributed by atoms with Crippen molar-refractivity contribution in [2.45, 2.75) is 70.4 Å². The Kier molecular flexibility index (Phi) is 5.44. The molecule has 3 saturated carbocycles. The molecule has 0 atom stereocenters. The van der Waals surface area contributed by atoms with Gasteiger partial charge >= 0.3 is 0 Å². The molecule has 7 rings (SSSR count). The molecule has 0 radical (unpaired) electrons. The van der Waals surface area contributed by atoms with Crippen molar-refractivity contribution in [1.29, 1.82) is 0 Å². The maximum Gasteiger partial charge on any atom is 0.263 e. The molecule has 35 heavy (non-hydrogen) atoms. The van der Waals surface area contributed by atoms with Gasteiger partial charge in [0.25, 0.3) is 5.91 Å². The molecule has 0 saturated heterocycles. The maximum absolute atomic E-state index is 14.7. The molecule has 1 aliphatic heterocycles. The van der Waals surface area contributed by atoms with Crippen LogP contribution in [0.5, 0.6) is 5.75 Å². The smallest absolute Gasteiger partial charge is 0.263 e. The fraction of sp³-hybridized carbons (Fsp3) is 0.481. The first-order chi connectivity index (χ1) is 16.9. The minimum absolute atomic E-state index is 0.0390. The summed E-state index contributed by atoms with van der Waals surface area (Å²) in [5, 5.41) is 6.58. The molecule has 7 nitrogen and oxygen atoms in total. The normalized spacial score (nSPS) is 25.3. The molecule has 2 bridgehead atoms. The number of amides is 1. The van der Waals surface area contributed by atoms with Crippen LogP contribution in [0.15, 0.2) is 30.5 Å². The Labute approximate surface area is 203 Å². The summed E-state index contributed by atoms with van der Waals surface area (Å²) in [5.74, 6) is 0.712. The van der Waals surface area contributed by atoms with E-state index in [0.29, 0.717) is 35.6 Å². The Morgan fingerprint density at radius 3 is 2.69 bits per heavy atom. The van der Waals surface area contributed by atoms with Crippen LogP contribution in [0.3, 0.4) is 0 Å². The highest BCUT2D eigenvalue weighted by atomic mass is 19.1. The topological polar surface area (TPSA) is 89.0 Å². The summed E-state index contributed by atoms with van der Waals surface area (Å²) in [6, 6.07) is 7.69. The predicted octanol–water partition coefficient (Wildman–Crippen LogP) is 4.62. The largest absolute Gasteiger partial charge is 0.480 e. The van der Waals surface area contributed by atoms with Crippen molar-refractivity contribution < 1.29 is 13.9 Å². The van der Waals surface area contributed by atoms with Gasteiger partial charge in [0.1, 0.15) is 5.82 Å². The molecule has 4 heterocycles. The van der Waals surface area contributed by atoms with Gasteiger partial charge in [-0.1, -0.05) is 0 Å². The van der Waals surface area contributed by atoms with E-state index in [4.69, 9.17) is 4.74 Å². The third-order valence-corrected chi connectivity index (χ3v) is 8.39. The number of rotatable bonds is 6. The Hall–Kier alpha value is -3.13. The van der Waals surface area contributed by atoms with Crippen LogP contribution in [0.1, 0.15) is 61.9 Å². The number of nitrogens with one attached hydrogen (secondary N) is 2. The summed E-state index contributed by atoms with van der Waals surface area (Å²) in [6.45, 7) is 2.64. The fourth-order valence-corrected chi connectivity index (χ4v) is 6.11. The molecular weight excluding hydrogens is 445 g/mol. The molecule has 4 aliphatic rings. The predicted molar refractivity (Wildman–Crippen MR) is 131 cm³/mol. The van der Waals surface area contributed by atoms with Gasteiger partial charge in [0, 0.05) is 23.3 Å². The van der Waals surface area contributed by atoms with E-state index >= 15 is 0 Å². The highest BCUT2D eigenvalue weighted by Gasteiger charge is 2.48. The summed E-state index contributed by atoms with van der Waals surface area (Å²) in [7, 11) is 0. The number of hydrogen-bond acceptors (Lipinski definition) is 6. The third kappa shape index (κ3) is 4.24. The van der Waals surface area contributed by atoms with Crippen molar-refractivity contribution in [2.24, 2.45) is 5.41 Å². The van der Waals surface area contributed by atoms with Crippen molar-refractivity contribution >= 4 is 22.8 Å². The Bertz CT molecular complexity index is 1280. The summed E-state index contributed by atoms with van der Waals surface area (Å²) in [6.07, 6.45) is 9.85. The minimum atomic E-state index is -0.242. The molecule has 3 aromatic rings. The first kappa shape index (κ1) is 22.3. The Morgan fingerprint density at radius 1 is 1.09 bits per heavy atom. The minimum Gasteiger partial charge on any atom is -0.480 e. The van der Waals surface area contributed by atoms with E-state index in [0.717, 1.165) is 61.9 Å². The van der Waals surface area contributed by atoms with E-state index in [1.807, 2.05) is 31.2 Å². The maximum atomic E-state index is 14.7. The third-order valence-electron chi connectivity index (χ3n) is 8.39. The van der Waals surface area contributed by atoms with Crippen LogP contribution in [-0.4, -0.2) is 33.0 Å². The van der Waals surface area contributed by atoms with Gasteiger partial charge in [0.15, 0.2) is 18.2 Å². The second-order valence-electron chi connectivity index (χ2n) is 10.5. The molecule has 3 aliphatic carbocycles. The van der Waals surface area contributed by atoms with Crippen LogP contribution in [0.2, 0.25) is 0 Å². The van der Waals surface area contributed by atoms with E-state index in [9.17, 15) is 9.18 Å². The zero-order chi connectivity index (χ0) is 24.0. The SMILES string of the molecule is Cc1ccc2ncc(F)c(CCC34CCC(NCc5ccc6c(n5)NC(=O)CO6)(CC3)CC4)c2n1. The van der Waals surface area contributed by atoms with Crippen molar-refractivity contribution in [3.63, 3.8) is 0 Å². The van der Waals surface area contributed by atoms with Gasteiger partial charge in [-0.2, -0.15) is 0 Å². The van der Waals surface area contributed by atoms with Crippen LogP contribution in [0.25, 0.3) is 11.0 Å². The number of aromatic nitrogens is 3. The van der Waals surface area contributed by atoms with Crippen LogP contribution < -0.4 is 15.4 Å². The quantitative estimate of drug-likeness (QED) is 0.541. The monoisotopic (exact) mass is 475 g/mol. The molecule has 0 spiro atoms. The van der Waals surface area contributed by atoms with Gasteiger partial charge in [-0.3, -0.25) is 14.8 Å². The number of nitrogens with zero attached hydrogens (tertiary/aromatic N) is 3. The first-order valence-electron chi connectivity index (χ1n) is 12.5. The average molecular weight is 476 g/mol. The molecule has 8 heteroatoms. The van der Waals surface area contributed by atoms with Crippen LogP contribution in [0, 0.1) is 18.2 Å². The van der Waals surface area contributed by atoms with Gasteiger partial charge in [-0.25, -0.2) is 9.37 Å². The average Bonchev–Trinajstić information content (AvgIpc) is 2.88. The molecule has 0 aromatic carbocycles. The van der Waals surface area contributed by atoms with E-state index in [1.165, 1.54) is 6.20 Å². The molecule has 182 valence electrons. The standard InChI is InChI=1S/C27H30FN5O2/c1-17-2-4-21-24(31-17)19(20(28)15-29-21)6-7-26-8-11-27(12-9-26,13-10-26)30-14-18-3-5-22-25(32-18)33-23(34)16-35-22/h2-5,15,30H,6-14,16H2,1H3,(H,32,33,34). The van der Waals surface area contributed by atoms with Crippen LogP contribution >= 0.6 is 0 Å². The van der Waals surface area contributed by atoms with Crippen molar-refractivity contribution in [3.8, 4) is 5.75 Å². The van der Waals surface area contributed by atoms with E-state index in [-0.39, 0.29) is 29.3 Å². The van der Waals surface area contributed by atoms with Gasteiger partial charge in [-0.05, 0) is 88.0 Å². The number of hydrogen-bond donors (Lipinski definition) is 2. The fourth-order valence-electron chi connectivity index (χ4n) is 6.11. The zero-order valence-electron chi connectivity index (χ0n) is 20.0. The van der Waals surface area contributed by atoms with Gasteiger partial charge < -0.3 is 15.4 Å². The van der Waals surface area contributed by atoms with Gasteiger partial charge in [-0.15, -0.1) is 0 Å². The summed E-state index contributed by atoms with van der Waals surface area (Å²) in [5.41, 5.74) is 4.38. The Morgan fingerprint density at radius 2 is 1.89 bits per heavy atom. The lowest BCUT2D eigenvalue weighted by molar-refractivity contribution is -0.118. The molecule has 0 unspecified atom stereocenters. The first-order valence-corrected chi connectivity index (χ1v) is 12.5. The summed E-state index contributed by atoms with van der Waals surface area (Å²) < 4.78 is 20.2. The van der Waals surface area contributed by atoms with Crippen molar-refractivity contribution in [3.05, 3.63) is 53.2 Å². The highest BCUT2D eigenvalue weighted by Crippen LogP contribution is 2.54. The number of anilines is 1. The second-order valence-corrected chi connectivity index (χ2v) is 10.5. The highest BCUT2D eigenvalue weighted by molar-refractivity contribution is 5.94. The zero-order valence-corrected chi connectivity index (χ0v) is 20.0. The molecule has 3 aromatic heterocycles. The number of ether oxygens (including phenoxy) is 1. The molecular formula is C27H30FN5O2. The Balaban J connectivity index is 1.10. The summed E-state index contributed by atoms with van der Waals surface area (Å²) in [4.78, 5) is 25.0. The lowest BCUT2D eigenvalue weighted by Crippen LogP contribution is -2.54. The van der Waals surface area contributed by atoms with E-state index in [2.05, 4.69) is 25.6 Å². The van der Waals surface area contributed by atoms with E-state index in [1.54, 1.807) is 0 Å². The molecule has 3 fully saturated rings. The number of carbonyl (C=O) groups is 1. The lowest BCUT2D eigenvalue weighted by atomic mass is 9.55. The summed E-state index contributed by atoms with van der Waals surface area (Å²) >= 11 is 0. The molecule has 2 N–H and O–H groups in total. The van der Waals surface area contributed by atoms with Gasteiger partial charge in [0.05, 0.1) is 22.9 Å². The number of halogens is 1. The number of fused-ring (bicyclic) bond motifs is 5. The number of carbonyl (C=O) groups excluding carboxylic acids is 1.